The van der Waals surface area contributed by atoms with Gasteiger partial charge in [0.05, 0.1) is 19.8 Å². The summed E-state index contributed by atoms with van der Waals surface area (Å²) < 4.78 is 15.2. The van der Waals surface area contributed by atoms with Crippen LogP contribution in [0.2, 0.25) is 0 Å². The lowest BCUT2D eigenvalue weighted by Gasteiger charge is -2.08. The van der Waals surface area contributed by atoms with Crippen molar-refractivity contribution < 1.29 is 19.0 Å². The summed E-state index contributed by atoms with van der Waals surface area (Å²) in [5.74, 6) is 0.788. The van der Waals surface area contributed by atoms with Crippen LogP contribution < -0.4 is 9.47 Å². The Labute approximate surface area is 101 Å². The zero-order chi connectivity index (χ0) is 12.7. The molecule has 0 unspecified atom stereocenters. The predicted octanol–water partition coefficient (Wildman–Crippen LogP) is 2.54. The second-order valence-electron chi connectivity index (χ2n) is 3.26. The number of carbonyl (C=O) groups is 1. The Balaban J connectivity index is 2.83. The molecule has 1 aromatic rings. The smallest absolute Gasteiger partial charge is 0.336 e. The van der Waals surface area contributed by atoms with Gasteiger partial charge in [0.1, 0.15) is 6.26 Å². The summed E-state index contributed by atoms with van der Waals surface area (Å²) in [7, 11) is 2.90. The second-order valence-corrected chi connectivity index (χ2v) is 3.26. The van der Waals surface area contributed by atoms with Crippen LogP contribution in [0.4, 0.5) is 0 Å². The van der Waals surface area contributed by atoms with Crippen LogP contribution in [0.25, 0.3) is 0 Å². The first-order valence-corrected chi connectivity index (χ1v) is 5.30. The number of hydrogen-bond acceptors (Lipinski definition) is 4. The van der Waals surface area contributed by atoms with Crippen molar-refractivity contribution in [2.45, 2.75) is 13.3 Å². The highest BCUT2D eigenvalue weighted by molar-refractivity contribution is 5.87. The maximum absolute atomic E-state index is 11.3. The van der Waals surface area contributed by atoms with Crippen molar-refractivity contribution in [3.8, 4) is 11.5 Å². The summed E-state index contributed by atoms with van der Waals surface area (Å²) in [5, 5.41) is 0. The van der Waals surface area contributed by atoms with Gasteiger partial charge in [0.25, 0.3) is 0 Å². The molecule has 1 rings (SSSR count). The molecule has 0 aliphatic carbocycles. The van der Waals surface area contributed by atoms with Crippen LogP contribution in [0, 0.1) is 0 Å². The summed E-state index contributed by atoms with van der Waals surface area (Å²) in [6.07, 6.45) is 1.94. The van der Waals surface area contributed by atoms with E-state index in [0.29, 0.717) is 23.5 Å². The van der Waals surface area contributed by atoms with Gasteiger partial charge in [-0.2, -0.15) is 0 Å². The molecule has 0 bridgehead atoms. The van der Waals surface area contributed by atoms with Gasteiger partial charge in [0.15, 0.2) is 11.5 Å². The molecule has 0 fully saturated rings. The van der Waals surface area contributed by atoms with E-state index in [-0.39, 0.29) is 5.97 Å². The summed E-state index contributed by atoms with van der Waals surface area (Å²) in [5.41, 5.74) is 0.471. The number of benzene rings is 1. The first kappa shape index (κ1) is 13.1. The van der Waals surface area contributed by atoms with Crippen molar-refractivity contribution in [3.63, 3.8) is 0 Å². The monoisotopic (exact) mass is 236 g/mol. The van der Waals surface area contributed by atoms with Crippen LogP contribution in [0.1, 0.15) is 13.3 Å². The van der Waals surface area contributed by atoms with Crippen LogP contribution in [0.3, 0.4) is 0 Å². The van der Waals surface area contributed by atoms with Crippen molar-refractivity contribution in [1.29, 1.82) is 0 Å². The molecular formula is C13H16O4. The summed E-state index contributed by atoms with van der Waals surface area (Å²) >= 11 is 0. The fraction of sp³-hybridized carbons (Fsp3) is 0.308. The molecule has 0 saturated heterocycles. The third-order valence-electron chi connectivity index (χ3n) is 2.23. The number of carbonyl (C=O) groups excluding carboxylic acids is 1. The van der Waals surface area contributed by atoms with E-state index >= 15 is 0 Å². The summed E-state index contributed by atoms with van der Waals surface area (Å²) in [6, 6.07) is 7.22. The lowest BCUT2D eigenvalue weighted by Crippen LogP contribution is -2.05. The van der Waals surface area contributed by atoms with Gasteiger partial charge in [0.2, 0.25) is 0 Å². The average Bonchev–Trinajstić information content (AvgIpc) is 2.39. The number of esters is 1. The molecule has 92 valence electrons. The molecule has 0 N–H and O–H groups in total. The summed E-state index contributed by atoms with van der Waals surface area (Å²) in [4.78, 5) is 11.3. The van der Waals surface area contributed by atoms with Crippen molar-refractivity contribution in [1.82, 2.24) is 0 Å². The molecule has 0 heterocycles. The van der Waals surface area contributed by atoms with Gasteiger partial charge in [-0.05, 0) is 18.6 Å². The Hall–Kier alpha value is -1.97. The van der Waals surface area contributed by atoms with E-state index in [9.17, 15) is 4.79 Å². The topological polar surface area (TPSA) is 44.8 Å². The van der Waals surface area contributed by atoms with Crippen LogP contribution in [0.15, 0.2) is 36.1 Å². The molecule has 0 amide bonds. The minimum atomic E-state index is -0.387. The fourth-order valence-corrected chi connectivity index (χ4v) is 1.26. The summed E-state index contributed by atoms with van der Waals surface area (Å²) in [6.45, 7) is 1.86. The van der Waals surface area contributed by atoms with Crippen LogP contribution >= 0.6 is 0 Å². The van der Waals surface area contributed by atoms with Crippen LogP contribution in [-0.2, 0) is 9.53 Å². The second kappa shape index (κ2) is 6.58. The molecule has 4 nitrogen and oxygen atoms in total. The number of methoxy groups -OCH3 is 2. The van der Waals surface area contributed by atoms with Crippen molar-refractivity contribution >= 4 is 5.97 Å². The molecule has 0 aliphatic heterocycles. The Morgan fingerprint density at radius 3 is 2.41 bits per heavy atom. The minimum Gasteiger partial charge on any atom is -0.493 e. The lowest BCUT2D eigenvalue weighted by molar-refractivity contribution is -0.136. The largest absolute Gasteiger partial charge is 0.493 e. The number of para-hydroxylation sites is 2. The Kier molecular flexibility index (Phi) is 5.07. The third kappa shape index (κ3) is 3.52. The van der Waals surface area contributed by atoms with Gasteiger partial charge in [-0.3, -0.25) is 0 Å². The zero-order valence-corrected chi connectivity index (χ0v) is 10.2. The number of hydrogen-bond donors (Lipinski definition) is 0. The van der Waals surface area contributed by atoms with Gasteiger partial charge in [-0.1, -0.05) is 19.1 Å². The zero-order valence-electron chi connectivity index (χ0n) is 10.2. The number of ether oxygens (including phenoxy) is 3. The standard InChI is InChI=1S/C13H16O4/c1-4-10(13(14)16-3)9-17-12-8-6-5-7-11(12)15-2/h5-9H,4H2,1-3H3. The quantitative estimate of drug-likeness (QED) is 0.447. The minimum absolute atomic E-state index is 0.387. The predicted molar refractivity (Wildman–Crippen MR) is 64.0 cm³/mol. The Morgan fingerprint density at radius 1 is 1.24 bits per heavy atom. The molecule has 0 radical (unpaired) electrons. The highest BCUT2D eigenvalue weighted by Gasteiger charge is 2.08. The van der Waals surface area contributed by atoms with E-state index in [2.05, 4.69) is 4.74 Å². The highest BCUT2D eigenvalue weighted by Crippen LogP contribution is 2.26. The molecule has 17 heavy (non-hydrogen) atoms. The van der Waals surface area contributed by atoms with Crippen molar-refractivity contribution in [2.24, 2.45) is 0 Å². The maximum atomic E-state index is 11.3. The SMILES string of the molecule is CCC(=COc1ccccc1OC)C(=O)OC. The molecule has 1 aromatic carbocycles. The van der Waals surface area contributed by atoms with E-state index in [1.165, 1.54) is 13.4 Å². The van der Waals surface area contributed by atoms with E-state index in [0.717, 1.165) is 0 Å². The highest BCUT2D eigenvalue weighted by atomic mass is 16.5. The van der Waals surface area contributed by atoms with E-state index in [4.69, 9.17) is 9.47 Å². The molecule has 4 heteroatoms. The Bertz CT molecular complexity index is 410. The molecule has 0 aliphatic rings. The fourth-order valence-electron chi connectivity index (χ4n) is 1.26. The Morgan fingerprint density at radius 2 is 1.88 bits per heavy atom. The molecular weight excluding hydrogens is 220 g/mol. The van der Waals surface area contributed by atoms with Crippen molar-refractivity contribution in [2.75, 3.05) is 14.2 Å². The normalized spacial score (nSPS) is 10.9. The van der Waals surface area contributed by atoms with E-state index < -0.39 is 0 Å². The van der Waals surface area contributed by atoms with E-state index in [1.807, 2.05) is 19.1 Å². The molecule has 0 saturated carbocycles. The van der Waals surface area contributed by atoms with Crippen LogP contribution in [-0.4, -0.2) is 20.2 Å². The third-order valence-corrected chi connectivity index (χ3v) is 2.23. The number of rotatable bonds is 5. The van der Waals surface area contributed by atoms with Crippen LogP contribution in [0.5, 0.6) is 11.5 Å². The molecule has 0 spiro atoms. The first-order chi connectivity index (χ1) is 8.22. The average molecular weight is 236 g/mol. The first-order valence-electron chi connectivity index (χ1n) is 5.30. The lowest BCUT2D eigenvalue weighted by atomic mass is 10.2. The van der Waals surface area contributed by atoms with E-state index in [1.54, 1.807) is 19.2 Å². The maximum Gasteiger partial charge on any atom is 0.336 e. The van der Waals surface area contributed by atoms with Gasteiger partial charge in [-0.25, -0.2) is 4.79 Å². The van der Waals surface area contributed by atoms with Gasteiger partial charge < -0.3 is 14.2 Å². The molecule has 0 aromatic heterocycles. The van der Waals surface area contributed by atoms with Gasteiger partial charge >= 0.3 is 5.97 Å². The van der Waals surface area contributed by atoms with Gasteiger partial charge in [-0.15, -0.1) is 0 Å². The van der Waals surface area contributed by atoms with Crippen molar-refractivity contribution in [3.05, 3.63) is 36.1 Å². The molecule has 0 atom stereocenters. The van der Waals surface area contributed by atoms with Gasteiger partial charge in [0, 0.05) is 0 Å².